The second kappa shape index (κ2) is 8.41. The molecule has 0 spiro atoms. The van der Waals surface area contributed by atoms with Crippen molar-refractivity contribution in [1.29, 1.82) is 0 Å². The summed E-state index contributed by atoms with van der Waals surface area (Å²) in [6, 6.07) is 18.5. The number of rotatable bonds is 5. The molecule has 0 bridgehead atoms. The molecule has 4 heteroatoms. The molecular formula is C26H26FN3. The van der Waals surface area contributed by atoms with Gasteiger partial charge in [-0.25, -0.2) is 4.39 Å². The summed E-state index contributed by atoms with van der Waals surface area (Å²) < 4.78 is 13.5. The fraction of sp³-hybridized carbons (Fsp3) is 0.269. The van der Waals surface area contributed by atoms with Crippen molar-refractivity contribution in [3.05, 3.63) is 95.1 Å². The smallest absolute Gasteiger partial charge is 0.123 e. The van der Waals surface area contributed by atoms with Gasteiger partial charge in [0.2, 0.25) is 0 Å². The van der Waals surface area contributed by atoms with Crippen molar-refractivity contribution in [2.24, 2.45) is 0 Å². The van der Waals surface area contributed by atoms with E-state index in [-0.39, 0.29) is 5.82 Å². The Kier molecular flexibility index (Phi) is 5.33. The predicted octanol–water partition coefficient (Wildman–Crippen LogP) is 5.08. The Balaban J connectivity index is 1.21. The molecule has 1 aliphatic carbocycles. The highest BCUT2D eigenvalue weighted by Crippen LogP contribution is 2.33. The number of hydrogen-bond acceptors (Lipinski definition) is 3. The van der Waals surface area contributed by atoms with Crippen LogP contribution in [0, 0.1) is 5.82 Å². The van der Waals surface area contributed by atoms with Crippen molar-refractivity contribution in [2.75, 3.05) is 18.0 Å². The Hall–Kier alpha value is -2.98. The number of pyridine rings is 1. The van der Waals surface area contributed by atoms with E-state index in [1.54, 1.807) is 12.1 Å². The molecule has 0 unspecified atom stereocenters. The van der Waals surface area contributed by atoms with E-state index in [1.807, 2.05) is 24.5 Å². The van der Waals surface area contributed by atoms with Crippen LogP contribution in [-0.2, 0) is 13.0 Å². The second-order valence-electron chi connectivity index (χ2n) is 8.24. The summed E-state index contributed by atoms with van der Waals surface area (Å²) in [7, 11) is 0. The molecule has 1 saturated heterocycles. The van der Waals surface area contributed by atoms with E-state index in [9.17, 15) is 4.39 Å². The molecule has 1 N–H and O–H groups in total. The highest BCUT2D eigenvalue weighted by Gasteiger charge is 2.20. The van der Waals surface area contributed by atoms with Crippen LogP contribution in [-0.4, -0.2) is 24.1 Å². The molecule has 0 atom stereocenters. The zero-order valence-electron chi connectivity index (χ0n) is 17.0. The molecule has 30 heavy (non-hydrogen) atoms. The van der Waals surface area contributed by atoms with Crippen molar-refractivity contribution in [3.63, 3.8) is 0 Å². The minimum absolute atomic E-state index is 0.167. The molecular weight excluding hydrogens is 373 g/mol. The van der Waals surface area contributed by atoms with Crippen LogP contribution in [0.2, 0.25) is 0 Å². The minimum Gasteiger partial charge on any atom is -0.371 e. The van der Waals surface area contributed by atoms with Crippen molar-refractivity contribution < 1.29 is 4.39 Å². The van der Waals surface area contributed by atoms with Gasteiger partial charge in [-0.1, -0.05) is 30.3 Å². The molecule has 5 rings (SSSR count). The third-order valence-electron chi connectivity index (χ3n) is 6.21. The molecule has 1 aromatic heterocycles. The van der Waals surface area contributed by atoms with Crippen LogP contribution in [0.1, 0.15) is 35.1 Å². The third kappa shape index (κ3) is 4.14. The number of benzene rings is 2. The van der Waals surface area contributed by atoms with Crippen LogP contribution < -0.4 is 10.2 Å². The molecule has 3 nitrogen and oxygen atoms in total. The van der Waals surface area contributed by atoms with Gasteiger partial charge in [0.25, 0.3) is 0 Å². The monoisotopic (exact) mass is 399 g/mol. The van der Waals surface area contributed by atoms with E-state index in [1.165, 1.54) is 28.0 Å². The Morgan fingerprint density at radius 1 is 1.03 bits per heavy atom. The van der Waals surface area contributed by atoms with Crippen LogP contribution >= 0.6 is 0 Å². The van der Waals surface area contributed by atoms with Gasteiger partial charge in [-0.05, 0) is 77.4 Å². The lowest BCUT2D eigenvalue weighted by molar-refractivity contribution is 0.414. The van der Waals surface area contributed by atoms with Crippen LogP contribution in [0.3, 0.4) is 0 Å². The van der Waals surface area contributed by atoms with E-state index in [4.69, 9.17) is 0 Å². The van der Waals surface area contributed by atoms with Gasteiger partial charge in [0.15, 0.2) is 0 Å². The molecule has 1 fully saturated rings. The Morgan fingerprint density at radius 3 is 2.77 bits per heavy atom. The van der Waals surface area contributed by atoms with Gasteiger partial charge >= 0.3 is 0 Å². The molecule has 0 amide bonds. The molecule has 0 radical (unpaired) electrons. The van der Waals surface area contributed by atoms with Gasteiger partial charge in [-0.2, -0.15) is 0 Å². The number of allylic oxidation sites excluding steroid dienone is 1. The van der Waals surface area contributed by atoms with E-state index >= 15 is 0 Å². The zero-order valence-corrected chi connectivity index (χ0v) is 17.0. The van der Waals surface area contributed by atoms with Crippen LogP contribution in [0.15, 0.2) is 67.0 Å². The lowest BCUT2D eigenvalue weighted by Gasteiger charge is -2.34. The second-order valence-corrected chi connectivity index (χ2v) is 8.24. The summed E-state index contributed by atoms with van der Waals surface area (Å²) in [5.41, 5.74) is 7.24. The van der Waals surface area contributed by atoms with Gasteiger partial charge in [-0.3, -0.25) is 4.98 Å². The van der Waals surface area contributed by atoms with Crippen LogP contribution in [0.4, 0.5) is 10.1 Å². The molecule has 3 aromatic rings. The fourth-order valence-electron chi connectivity index (χ4n) is 4.50. The van der Waals surface area contributed by atoms with Gasteiger partial charge in [-0.15, -0.1) is 0 Å². The molecule has 1 aliphatic heterocycles. The molecule has 2 heterocycles. The first-order valence-corrected chi connectivity index (χ1v) is 10.7. The van der Waals surface area contributed by atoms with Crippen molar-refractivity contribution in [1.82, 2.24) is 10.3 Å². The molecule has 152 valence electrons. The molecule has 2 aromatic carbocycles. The summed E-state index contributed by atoms with van der Waals surface area (Å²) in [4.78, 5) is 6.67. The highest BCUT2D eigenvalue weighted by molar-refractivity contribution is 5.89. The van der Waals surface area contributed by atoms with Gasteiger partial charge in [0, 0.05) is 43.8 Å². The standard InChI is InChI=1S/C26H26FN3/c27-24-7-6-21-13-22(14-23(21)15-24)20-4-1-5-26(16-20)30-11-8-25(9-12-30)29-18-19-3-2-10-28-17-19/h1-7,10,14-17,25,29H,8-9,11-13,18H2. The van der Waals surface area contributed by atoms with Crippen molar-refractivity contribution >= 4 is 17.3 Å². The number of nitrogens with one attached hydrogen (secondary N) is 1. The topological polar surface area (TPSA) is 28.2 Å². The van der Waals surface area contributed by atoms with Gasteiger partial charge in [0.05, 0.1) is 0 Å². The Labute approximate surface area is 177 Å². The van der Waals surface area contributed by atoms with E-state index in [0.29, 0.717) is 6.04 Å². The minimum atomic E-state index is -0.167. The van der Waals surface area contributed by atoms with E-state index < -0.39 is 0 Å². The number of piperidine rings is 1. The number of fused-ring (bicyclic) bond motifs is 1. The lowest BCUT2D eigenvalue weighted by Crippen LogP contribution is -2.42. The number of nitrogens with zero attached hydrogens (tertiary/aromatic N) is 2. The predicted molar refractivity (Wildman–Crippen MR) is 121 cm³/mol. The Bertz CT molecular complexity index is 1050. The number of anilines is 1. The lowest BCUT2D eigenvalue weighted by atomic mass is 10.0. The van der Waals surface area contributed by atoms with Crippen molar-refractivity contribution in [2.45, 2.75) is 31.8 Å². The van der Waals surface area contributed by atoms with Crippen LogP contribution in [0.5, 0.6) is 0 Å². The average molecular weight is 400 g/mol. The first kappa shape index (κ1) is 19.0. The third-order valence-corrected chi connectivity index (χ3v) is 6.21. The summed E-state index contributed by atoms with van der Waals surface area (Å²) >= 11 is 0. The number of halogens is 1. The van der Waals surface area contributed by atoms with Crippen molar-refractivity contribution in [3.8, 4) is 0 Å². The van der Waals surface area contributed by atoms with Gasteiger partial charge in [0.1, 0.15) is 5.82 Å². The fourth-order valence-corrected chi connectivity index (χ4v) is 4.50. The largest absolute Gasteiger partial charge is 0.371 e. The highest BCUT2D eigenvalue weighted by atomic mass is 19.1. The first-order chi connectivity index (χ1) is 14.7. The maximum absolute atomic E-state index is 13.5. The quantitative estimate of drug-likeness (QED) is 0.649. The zero-order chi connectivity index (χ0) is 20.3. The summed E-state index contributed by atoms with van der Waals surface area (Å²) in [5, 5.41) is 3.67. The molecule has 2 aliphatic rings. The first-order valence-electron chi connectivity index (χ1n) is 10.7. The van der Waals surface area contributed by atoms with E-state index in [0.717, 1.165) is 44.5 Å². The maximum atomic E-state index is 13.5. The average Bonchev–Trinajstić information content (AvgIpc) is 3.22. The summed E-state index contributed by atoms with van der Waals surface area (Å²) in [6.45, 7) is 2.99. The Morgan fingerprint density at radius 2 is 1.93 bits per heavy atom. The molecule has 0 saturated carbocycles. The normalized spacial score (nSPS) is 16.4. The van der Waals surface area contributed by atoms with Gasteiger partial charge < -0.3 is 10.2 Å². The summed E-state index contributed by atoms with van der Waals surface area (Å²) in [6.07, 6.45) is 9.02. The number of hydrogen-bond donors (Lipinski definition) is 1. The SMILES string of the molecule is Fc1ccc2c(c1)C=C(c1cccc(N3CCC(NCc4cccnc4)CC3)c1)C2. The van der Waals surface area contributed by atoms with Crippen LogP contribution in [0.25, 0.3) is 11.6 Å². The number of aromatic nitrogens is 1. The summed E-state index contributed by atoms with van der Waals surface area (Å²) in [5.74, 6) is -0.167. The maximum Gasteiger partial charge on any atom is 0.123 e. The van der Waals surface area contributed by atoms with E-state index in [2.05, 4.69) is 51.6 Å².